The van der Waals surface area contributed by atoms with E-state index in [0.29, 0.717) is 35.9 Å². The number of hydrogen-bond donors (Lipinski definition) is 1. The van der Waals surface area contributed by atoms with Crippen molar-refractivity contribution < 1.29 is 9.90 Å². The van der Waals surface area contributed by atoms with Crippen molar-refractivity contribution in [3.05, 3.63) is 75.0 Å². The van der Waals surface area contributed by atoms with E-state index in [1.165, 1.54) is 9.47 Å². The molecule has 0 saturated carbocycles. The number of carbonyl (C=O) groups is 1. The zero-order chi connectivity index (χ0) is 24.0. The summed E-state index contributed by atoms with van der Waals surface area (Å²) in [5.41, 5.74) is 1.91. The SMILES string of the molecule is Cn1c(=O)c(-c2cc(-c3ccc(Br)cc3)c(C#N)c(N3CCCC3=O)n2)c(O)c2ccccc21. The summed E-state index contributed by atoms with van der Waals surface area (Å²) in [4.78, 5) is 32.1. The van der Waals surface area contributed by atoms with Crippen molar-refractivity contribution in [1.29, 1.82) is 5.26 Å². The molecule has 0 atom stereocenters. The molecule has 3 heterocycles. The van der Waals surface area contributed by atoms with E-state index in [1.807, 2.05) is 24.3 Å². The quantitative estimate of drug-likeness (QED) is 0.425. The Morgan fingerprint density at radius 3 is 2.53 bits per heavy atom. The lowest BCUT2D eigenvalue weighted by Gasteiger charge is -2.20. The molecule has 8 heteroatoms. The fraction of sp³-hybridized carbons (Fsp3) is 0.154. The summed E-state index contributed by atoms with van der Waals surface area (Å²) in [5.74, 6) is -0.107. The average Bonchev–Trinajstić information content (AvgIpc) is 3.28. The molecule has 1 N–H and O–H groups in total. The van der Waals surface area contributed by atoms with E-state index in [0.717, 1.165) is 10.0 Å². The molecule has 5 rings (SSSR count). The summed E-state index contributed by atoms with van der Waals surface area (Å²) in [6, 6.07) is 18.3. The monoisotopic (exact) mass is 514 g/mol. The number of hydrogen-bond acceptors (Lipinski definition) is 5. The lowest BCUT2D eigenvalue weighted by molar-refractivity contribution is -0.117. The standard InChI is InChI=1S/C26H19BrN4O3/c1-30-21-6-3-2-5-17(21)24(33)23(26(30)34)20-13-18(15-8-10-16(27)11-9-15)19(14-28)25(29-20)31-12-4-7-22(31)32/h2-3,5-6,8-11,13,33H,4,7,12H2,1H3. The third-order valence-corrected chi connectivity index (χ3v) is 6.66. The normalized spacial score (nSPS) is 13.4. The molecule has 1 fully saturated rings. The van der Waals surface area contributed by atoms with Crippen LogP contribution >= 0.6 is 15.9 Å². The smallest absolute Gasteiger partial charge is 0.264 e. The lowest BCUT2D eigenvalue weighted by Crippen LogP contribution is -2.26. The minimum absolute atomic E-state index is 0.0250. The highest BCUT2D eigenvalue weighted by Gasteiger charge is 2.29. The van der Waals surface area contributed by atoms with Gasteiger partial charge in [-0.2, -0.15) is 5.26 Å². The Morgan fingerprint density at radius 2 is 1.85 bits per heavy atom. The molecule has 0 radical (unpaired) electrons. The first-order valence-electron chi connectivity index (χ1n) is 10.7. The van der Waals surface area contributed by atoms with Crippen molar-refractivity contribution in [2.75, 3.05) is 11.4 Å². The third-order valence-electron chi connectivity index (χ3n) is 6.13. The van der Waals surface area contributed by atoms with Crippen LogP contribution in [-0.4, -0.2) is 27.1 Å². The van der Waals surface area contributed by atoms with Crippen molar-refractivity contribution in [3.8, 4) is 34.2 Å². The van der Waals surface area contributed by atoms with Gasteiger partial charge >= 0.3 is 0 Å². The van der Waals surface area contributed by atoms with Gasteiger partial charge in [-0.05, 0) is 42.3 Å². The Bertz CT molecular complexity index is 1570. The first kappa shape index (κ1) is 21.9. The van der Waals surface area contributed by atoms with Crippen LogP contribution in [0, 0.1) is 11.3 Å². The summed E-state index contributed by atoms with van der Waals surface area (Å²) in [6.07, 6.45) is 1.03. The third kappa shape index (κ3) is 3.45. The van der Waals surface area contributed by atoms with Gasteiger partial charge in [0.2, 0.25) is 5.91 Å². The number of carbonyl (C=O) groups excluding carboxylic acids is 1. The van der Waals surface area contributed by atoms with Crippen molar-refractivity contribution in [1.82, 2.24) is 9.55 Å². The molecule has 1 saturated heterocycles. The topological polar surface area (TPSA) is 99.2 Å². The molecule has 168 valence electrons. The van der Waals surface area contributed by atoms with Crippen LogP contribution in [0.2, 0.25) is 0 Å². The van der Waals surface area contributed by atoms with Crippen LogP contribution in [0.4, 0.5) is 5.82 Å². The number of fused-ring (bicyclic) bond motifs is 1. The van der Waals surface area contributed by atoms with E-state index in [9.17, 15) is 20.0 Å². The van der Waals surface area contributed by atoms with Gasteiger partial charge in [0.1, 0.15) is 22.9 Å². The molecule has 1 aliphatic rings. The predicted molar refractivity (Wildman–Crippen MR) is 134 cm³/mol. The van der Waals surface area contributed by atoms with Gasteiger partial charge in [-0.25, -0.2) is 4.98 Å². The molecule has 0 spiro atoms. The van der Waals surface area contributed by atoms with Crippen molar-refractivity contribution in [2.24, 2.45) is 7.05 Å². The number of halogens is 1. The van der Waals surface area contributed by atoms with Crippen LogP contribution < -0.4 is 10.5 Å². The number of aryl methyl sites for hydroxylation is 1. The molecule has 0 bridgehead atoms. The molecular formula is C26H19BrN4O3. The number of aromatic hydroxyl groups is 1. The number of nitrogens with zero attached hydrogens (tertiary/aromatic N) is 4. The summed E-state index contributed by atoms with van der Waals surface area (Å²) < 4.78 is 2.34. The number of nitriles is 1. The van der Waals surface area contributed by atoms with Gasteiger partial charge in [-0.1, -0.05) is 40.2 Å². The predicted octanol–water partition coefficient (Wildman–Crippen LogP) is 4.73. The molecule has 7 nitrogen and oxygen atoms in total. The zero-order valence-corrected chi connectivity index (χ0v) is 19.8. The van der Waals surface area contributed by atoms with Gasteiger partial charge in [0.15, 0.2) is 5.82 Å². The summed E-state index contributed by atoms with van der Waals surface area (Å²) in [7, 11) is 1.64. The lowest BCUT2D eigenvalue weighted by atomic mass is 9.97. The summed E-state index contributed by atoms with van der Waals surface area (Å²) >= 11 is 3.42. The first-order chi connectivity index (χ1) is 16.4. The number of anilines is 1. The first-order valence-corrected chi connectivity index (χ1v) is 11.5. The molecular weight excluding hydrogens is 496 g/mol. The van der Waals surface area contributed by atoms with Gasteiger partial charge in [0.05, 0.1) is 11.2 Å². The molecule has 1 amide bonds. The van der Waals surface area contributed by atoms with Gasteiger partial charge in [0.25, 0.3) is 5.56 Å². The van der Waals surface area contributed by atoms with Gasteiger partial charge in [-0.3, -0.25) is 14.5 Å². The number of rotatable bonds is 3. The minimum Gasteiger partial charge on any atom is -0.506 e. The Kier molecular flexibility index (Phi) is 5.42. The fourth-order valence-corrected chi connectivity index (χ4v) is 4.67. The van der Waals surface area contributed by atoms with Gasteiger partial charge in [-0.15, -0.1) is 0 Å². The van der Waals surface area contributed by atoms with E-state index in [4.69, 9.17) is 0 Å². The summed E-state index contributed by atoms with van der Waals surface area (Å²) in [6.45, 7) is 0.436. The van der Waals surface area contributed by atoms with Crippen LogP contribution in [0.3, 0.4) is 0 Å². The van der Waals surface area contributed by atoms with Crippen molar-refractivity contribution in [2.45, 2.75) is 12.8 Å². The number of benzene rings is 2. The van der Waals surface area contributed by atoms with Gasteiger partial charge in [0, 0.05) is 35.4 Å². The molecule has 4 aromatic rings. The second-order valence-corrected chi connectivity index (χ2v) is 9.04. The Morgan fingerprint density at radius 1 is 1.12 bits per heavy atom. The van der Waals surface area contributed by atoms with Crippen LogP contribution in [-0.2, 0) is 11.8 Å². The van der Waals surface area contributed by atoms with E-state index in [2.05, 4.69) is 27.0 Å². The average molecular weight is 515 g/mol. The number of aromatic nitrogens is 2. The molecule has 0 aliphatic carbocycles. The van der Waals surface area contributed by atoms with Crippen LogP contribution in [0.1, 0.15) is 18.4 Å². The molecule has 2 aromatic carbocycles. The second-order valence-electron chi connectivity index (χ2n) is 8.13. The Labute approximate surface area is 203 Å². The maximum Gasteiger partial charge on any atom is 0.264 e. The van der Waals surface area contributed by atoms with E-state index >= 15 is 0 Å². The Hall–Kier alpha value is -3.96. The molecule has 34 heavy (non-hydrogen) atoms. The second kappa shape index (κ2) is 8.43. The number of amides is 1. The van der Waals surface area contributed by atoms with E-state index in [1.54, 1.807) is 37.4 Å². The highest BCUT2D eigenvalue weighted by atomic mass is 79.9. The van der Waals surface area contributed by atoms with Crippen LogP contribution in [0.25, 0.3) is 33.3 Å². The zero-order valence-electron chi connectivity index (χ0n) is 18.2. The van der Waals surface area contributed by atoms with Crippen LogP contribution in [0.5, 0.6) is 5.75 Å². The minimum atomic E-state index is -0.422. The van der Waals surface area contributed by atoms with Crippen molar-refractivity contribution >= 4 is 38.6 Å². The van der Waals surface area contributed by atoms with Gasteiger partial charge < -0.3 is 9.67 Å². The van der Waals surface area contributed by atoms with Crippen molar-refractivity contribution in [3.63, 3.8) is 0 Å². The molecule has 1 aliphatic heterocycles. The van der Waals surface area contributed by atoms with Crippen LogP contribution in [0.15, 0.2) is 63.9 Å². The highest BCUT2D eigenvalue weighted by molar-refractivity contribution is 9.10. The number of para-hydroxylation sites is 1. The largest absolute Gasteiger partial charge is 0.506 e. The maximum absolute atomic E-state index is 13.4. The fourth-order valence-electron chi connectivity index (χ4n) is 4.40. The molecule has 0 unspecified atom stereocenters. The summed E-state index contributed by atoms with van der Waals surface area (Å²) in [5, 5.41) is 21.7. The number of pyridine rings is 2. The highest BCUT2D eigenvalue weighted by Crippen LogP contribution is 2.38. The van der Waals surface area contributed by atoms with E-state index < -0.39 is 5.56 Å². The Balaban J connectivity index is 1.87. The van der Waals surface area contributed by atoms with E-state index in [-0.39, 0.29) is 34.3 Å². The maximum atomic E-state index is 13.4. The molecule has 2 aromatic heterocycles.